The molecule has 0 unspecified atom stereocenters. The topological polar surface area (TPSA) is 142 Å². The van der Waals surface area contributed by atoms with Crippen molar-refractivity contribution in [3.8, 4) is 16.9 Å². The number of halogens is 4. The summed E-state index contributed by atoms with van der Waals surface area (Å²) in [6.07, 6.45) is 11.9. The van der Waals surface area contributed by atoms with Crippen LogP contribution in [0, 0.1) is 23.0 Å². The van der Waals surface area contributed by atoms with Crippen molar-refractivity contribution in [1.29, 1.82) is 5.41 Å². The fourth-order valence-electron chi connectivity index (χ4n) is 7.62. The first kappa shape index (κ1) is 38.4. The number of hydrogen-bond donors (Lipinski definition) is 5. The number of nitrogens with zero attached hydrogens (tertiary/aromatic N) is 3. The molecule has 280 valence electrons. The third kappa shape index (κ3) is 8.71. The first-order valence-electron chi connectivity index (χ1n) is 18.2. The molecule has 4 aromatic rings. The molecule has 2 aliphatic rings. The quantitative estimate of drug-likeness (QED) is 0.0460. The number of rotatable bonds is 16. The van der Waals surface area contributed by atoms with Crippen LogP contribution in [0.4, 0.5) is 13.2 Å². The predicted octanol–water partition coefficient (Wildman–Crippen LogP) is 7.27. The highest BCUT2D eigenvalue weighted by molar-refractivity contribution is 7.98. The van der Waals surface area contributed by atoms with Crippen molar-refractivity contribution in [2.75, 3.05) is 32.6 Å². The number of aryl methyl sites for hydroxylation is 1. The summed E-state index contributed by atoms with van der Waals surface area (Å²) in [4.78, 5) is 23.6. The second-order valence-corrected chi connectivity index (χ2v) is 15.3. The molecule has 0 amide bonds. The Bertz CT molecular complexity index is 1950. The lowest BCUT2D eigenvalue weighted by Gasteiger charge is -2.43. The Morgan fingerprint density at radius 1 is 1.17 bits per heavy atom. The number of benzene rings is 2. The van der Waals surface area contributed by atoms with Gasteiger partial charge in [0.25, 0.3) is 0 Å². The Kier molecular flexibility index (Phi) is 12.7. The summed E-state index contributed by atoms with van der Waals surface area (Å²) in [5.74, 6) is -0.141. The Morgan fingerprint density at radius 3 is 2.71 bits per heavy atom. The number of thioether (sulfide) groups is 1. The molecular weight excluding hydrogens is 709 g/mol. The van der Waals surface area contributed by atoms with Crippen molar-refractivity contribution in [2.45, 2.75) is 87.2 Å². The summed E-state index contributed by atoms with van der Waals surface area (Å²) >= 11 is 7.73. The number of piperidine rings is 1. The molecule has 6 rings (SSSR count). The first-order chi connectivity index (χ1) is 25.1. The number of aromatic amines is 1. The molecule has 1 saturated heterocycles. The maximum atomic E-state index is 16.4. The van der Waals surface area contributed by atoms with Crippen molar-refractivity contribution < 1.29 is 13.2 Å². The molecule has 0 spiro atoms. The molecule has 2 fully saturated rings. The zero-order valence-electron chi connectivity index (χ0n) is 29.5. The average molecular weight is 757 g/mol. The zero-order valence-corrected chi connectivity index (χ0v) is 31.1. The van der Waals surface area contributed by atoms with Crippen molar-refractivity contribution in [3.05, 3.63) is 74.8 Å². The van der Waals surface area contributed by atoms with Gasteiger partial charge in [0, 0.05) is 58.8 Å². The molecule has 1 aliphatic carbocycles. The lowest BCUT2D eigenvalue weighted by atomic mass is 9.88. The molecule has 1 aliphatic heterocycles. The minimum Gasteiger partial charge on any atom is -0.373 e. The van der Waals surface area contributed by atoms with Crippen LogP contribution in [0.1, 0.15) is 75.0 Å². The van der Waals surface area contributed by atoms with E-state index in [1.165, 1.54) is 35.2 Å². The second kappa shape index (κ2) is 17.2. The van der Waals surface area contributed by atoms with Crippen LogP contribution in [0.3, 0.4) is 0 Å². The fourth-order valence-corrected chi connectivity index (χ4v) is 8.55. The highest BCUT2D eigenvalue weighted by atomic mass is 35.5. The van der Waals surface area contributed by atoms with E-state index in [-0.39, 0.29) is 46.7 Å². The summed E-state index contributed by atoms with van der Waals surface area (Å²) in [5.41, 5.74) is 14.0. The van der Waals surface area contributed by atoms with Gasteiger partial charge in [0.05, 0.1) is 29.6 Å². The number of hydrogen-bond acceptors (Lipinski definition) is 7. The molecular formula is C38H48ClF3N8OS. The molecule has 3 atom stereocenters. The Balaban J connectivity index is 1.28. The maximum Gasteiger partial charge on any atom is 0.354 e. The minimum absolute atomic E-state index is 0.0154. The van der Waals surface area contributed by atoms with Crippen LogP contribution in [0.2, 0.25) is 5.02 Å². The van der Waals surface area contributed by atoms with Crippen molar-refractivity contribution in [3.63, 3.8) is 0 Å². The van der Waals surface area contributed by atoms with Gasteiger partial charge in [0.2, 0.25) is 0 Å². The molecule has 0 radical (unpaired) electrons. The maximum absolute atomic E-state index is 16.4. The first-order valence-corrected chi connectivity index (χ1v) is 19.8. The lowest BCUT2D eigenvalue weighted by Crippen LogP contribution is -2.45. The number of alkyl halides is 1. The molecule has 2 aromatic heterocycles. The van der Waals surface area contributed by atoms with Crippen LogP contribution >= 0.6 is 23.4 Å². The van der Waals surface area contributed by atoms with Gasteiger partial charge in [-0.05, 0) is 112 Å². The third-order valence-corrected chi connectivity index (χ3v) is 11.5. The van der Waals surface area contributed by atoms with Crippen molar-refractivity contribution in [2.24, 2.45) is 17.4 Å². The summed E-state index contributed by atoms with van der Waals surface area (Å²) in [6, 6.07) is 8.30. The average Bonchev–Trinajstić information content (AvgIpc) is 3.91. The highest BCUT2D eigenvalue weighted by Gasteiger charge is 2.34. The second-order valence-electron chi connectivity index (χ2n) is 14.0. The number of aromatic nitrogens is 3. The molecule has 14 heteroatoms. The summed E-state index contributed by atoms with van der Waals surface area (Å²) in [7, 11) is 0. The molecule has 2 aromatic carbocycles. The van der Waals surface area contributed by atoms with Crippen LogP contribution in [-0.4, -0.2) is 69.9 Å². The van der Waals surface area contributed by atoms with E-state index in [0.717, 1.165) is 31.2 Å². The lowest BCUT2D eigenvalue weighted by molar-refractivity contribution is 0.0706. The molecule has 7 N–H and O–H groups in total. The van der Waals surface area contributed by atoms with Gasteiger partial charge in [-0.2, -0.15) is 4.98 Å². The monoisotopic (exact) mass is 756 g/mol. The number of amidine groups is 1. The number of nitrogens with two attached hydrogens (primary N) is 2. The Labute approximate surface area is 311 Å². The molecule has 3 heterocycles. The molecule has 0 bridgehead atoms. The van der Waals surface area contributed by atoms with E-state index >= 15 is 8.78 Å². The summed E-state index contributed by atoms with van der Waals surface area (Å²) in [5, 5.41) is 11.4. The van der Waals surface area contributed by atoms with Gasteiger partial charge in [-0.15, -0.1) is 11.8 Å². The summed E-state index contributed by atoms with van der Waals surface area (Å²) < 4.78 is 46.5. The van der Waals surface area contributed by atoms with Crippen LogP contribution in [0.15, 0.2) is 46.2 Å². The van der Waals surface area contributed by atoms with Gasteiger partial charge in [0.15, 0.2) is 5.82 Å². The Morgan fingerprint density at radius 2 is 1.98 bits per heavy atom. The summed E-state index contributed by atoms with van der Waals surface area (Å²) in [6.45, 7) is 0.690. The van der Waals surface area contributed by atoms with E-state index in [0.29, 0.717) is 71.9 Å². The van der Waals surface area contributed by atoms with Crippen LogP contribution in [0.25, 0.3) is 28.0 Å². The van der Waals surface area contributed by atoms with E-state index < -0.39 is 24.0 Å². The van der Waals surface area contributed by atoms with Gasteiger partial charge in [-0.25, -0.2) is 13.6 Å². The third-order valence-electron chi connectivity index (χ3n) is 10.5. The SMILES string of the molecule is CSc1cc(-n2cc3cc(-c4cc(CCC[C@@H](N)C5CC5)cc(Cl)c4F)[nH]c3nc2=O)cc(F)c1[C@@H]1CCC[C@@H](CCNC(=N)CN)N1CCCF. The number of fused-ring (bicyclic) bond motifs is 1. The molecule has 9 nitrogen and oxygen atoms in total. The van der Waals surface area contributed by atoms with Crippen LogP contribution in [0.5, 0.6) is 0 Å². The van der Waals surface area contributed by atoms with E-state index in [2.05, 4.69) is 20.2 Å². The van der Waals surface area contributed by atoms with Gasteiger partial charge < -0.3 is 21.8 Å². The predicted molar refractivity (Wildman–Crippen MR) is 205 cm³/mol. The minimum atomic E-state index is -0.614. The number of H-pyrrole nitrogens is 1. The fraction of sp³-hybridized carbons (Fsp3) is 0.500. The number of likely N-dealkylation sites (tertiary alicyclic amines) is 1. The largest absolute Gasteiger partial charge is 0.373 e. The van der Waals surface area contributed by atoms with Crippen molar-refractivity contribution in [1.82, 2.24) is 24.8 Å². The normalized spacial score (nSPS) is 18.6. The van der Waals surface area contributed by atoms with E-state index in [4.69, 9.17) is 28.5 Å². The zero-order chi connectivity index (χ0) is 36.9. The molecule has 1 saturated carbocycles. The van der Waals surface area contributed by atoms with E-state index in [1.807, 2.05) is 6.26 Å². The number of nitrogens with one attached hydrogen (secondary N) is 3. The Hall–Kier alpha value is -3.36. The van der Waals surface area contributed by atoms with E-state index in [9.17, 15) is 9.18 Å². The van der Waals surface area contributed by atoms with Crippen molar-refractivity contribution >= 4 is 40.2 Å². The van der Waals surface area contributed by atoms with Crippen LogP contribution in [-0.2, 0) is 6.42 Å². The van der Waals surface area contributed by atoms with E-state index in [1.54, 1.807) is 30.5 Å². The smallest absolute Gasteiger partial charge is 0.354 e. The standard InChI is InChI=1S/C38H48ClF3N8OS/c1-52-33-19-26(18-29(41)35(33)32-8-3-6-25(49(32)14-4-12-40)11-13-46-34(45)20-43)50-21-24-17-31(47-37(24)48-38(50)51)27-15-22(16-28(39)36(27)42)5-2-7-30(44)23-9-10-23/h15-19,21,23,25,30,32H,2-14,20,43-44H2,1H3,(H2,45,46)(H,47,48,51)/t25-,30+,32-/m0/s1. The van der Waals surface area contributed by atoms with Gasteiger partial charge in [-0.1, -0.05) is 11.6 Å². The van der Waals surface area contributed by atoms with Gasteiger partial charge in [-0.3, -0.25) is 19.3 Å². The van der Waals surface area contributed by atoms with Gasteiger partial charge in [0.1, 0.15) is 17.3 Å². The molecule has 52 heavy (non-hydrogen) atoms. The van der Waals surface area contributed by atoms with Crippen LogP contribution < -0.4 is 22.5 Å². The highest BCUT2D eigenvalue weighted by Crippen LogP contribution is 2.42. The van der Waals surface area contributed by atoms with Gasteiger partial charge >= 0.3 is 5.69 Å².